The van der Waals surface area contributed by atoms with Crippen LogP contribution in [0.5, 0.6) is 0 Å². The Morgan fingerprint density at radius 2 is 1.36 bits per heavy atom. The molecule has 0 radical (unpaired) electrons. The van der Waals surface area contributed by atoms with Gasteiger partial charge in [0.1, 0.15) is 5.52 Å². The molecule has 0 saturated heterocycles. The lowest BCUT2D eigenvalue weighted by atomic mass is 10.3. The number of fused-ring (bicyclic) bond motifs is 1. The summed E-state index contributed by atoms with van der Waals surface area (Å²) in [5.74, 6) is 1.04. The number of nitrogens with zero attached hydrogens (tertiary/aromatic N) is 3. The number of rotatable bonds is 4. The Hall–Kier alpha value is -2.83. The van der Waals surface area contributed by atoms with Gasteiger partial charge in [0.25, 0.3) is 0 Å². The normalized spacial score (nSPS) is 10.8. The number of benzene rings is 2. The minimum absolute atomic E-state index is 0.429. The monoisotopic (exact) mass is 370 g/mol. The summed E-state index contributed by atoms with van der Waals surface area (Å²) in [5.41, 5.74) is 2.97. The van der Waals surface area contributed by atoms with E-state index in [1.165, 1.54) is 0 Å². The molecule has 4 aromatic rings. The molecule has 0 aliphatic heterocycles. The molecule has 6 nitrogen and oxygen atoms in total. The van der Waals surface area contributed by atoms with Crippen molar-refractivity contribution in [3.8, 4) is 0 Å². The second-order valence-corrected chi connectivity index (χ2v) is 6.13. The van der Waals surface area contributed by atoms with Crippen LogP contribution in [0.25, 0.3) is 11.2 Å². The van der Waals surface area contributed by atoms with E-state index in [1.54, 1.807) is 18.5 Å². The van der Waals surface area contributed by atoms with Gasteiger partial charge in [-0.2, -0.15) is 9.97 Å². The van der Waals surface area contributed by atoms with E-state index in [4.69, 9.17) is 23.2 Å². The highest BCUT2D eigenvalue weighted by molar-refractivity contribution is 6.30. The summed E-state index contributed by atoms with van der Waals surface area (Å²) in [6.07, 6.45) is 1.58. The molecule has 0 bridgehead atoms. The van der Waals surface area contributed by atoms with Crippen LogP contribution < -0.4 is 10.6 Å². The van der Waals surface area contributed by atoms with E-state index in [0.717, 1.165) is 16.9 Å². The Balaban J connectivity index is 1.69. The predicted octanol–water partition coefficient (Wildman–Crippen LogP) is 5.15. The van der Waals surface area contributed by atoms with Gasteiger partial charge in [-0.25, -0.2) is 4.98 Å². The molecule has 0 aliphatic rings. The Bertz CT molecular complexity index is 1010. The zero-order chi connectivity index (χ0) is 17.2. The van der Waals surface area contributed by atoms with Crippen molar-refractivity contribution in [2.24, 2.45) is 0 Å². The molecule has 0 unspecified atom stereocenters. The van der Waals surface area contributed by atoms with E-state index in [0.29, 0.717) is 27.5 Å². The summed E-state index contributed by atoms with van der Waals surface area (Å²) >= 11 is 11.8. The standard InChI is InChI=1S/C17H12Cl2N6/c18-10-1-5-12(6-2-10)22-16-14-15(21-9-20-14)24-17(25-16)23-13-7-3-11(19)4-8-13/h1-9H,(H3,20,21,22,23,24,25). The summed E-state index contributed by atoms with van der Waals surface area (Å²) in [6.45, 7) is 0. The zero-order valence-corrected chi connectivity index (χ0v) is 14.3. The predicted molar refractivity (Wildman–Crippen MR) is 101 cm³/mol. The third-order valence-corrected chi connectivity index (χ3v) is 4.00. The van der Waals surface area contributed by atoms with Crippen molar-refractivity contribution in [1.29, 1.82) is 0 Å². The SMILES string of the molecule is Clc1ccc(Nc2nc(Nc3ccc(Cl)cc3)c3[nH]cnc3n2)cc1. The molecule has 0 fully saturated rings. The van der Waals surface area contributed by atoms with Gasteiger partial charge < -0.3 is 15.6 Å². The second kappa shape index (κ2) is 6.58. The van der Waals surface area contributed by atoms with E-state index in [1.807, 2.05) is 36.4 Å². The number of anilines is 4. The number of imidazole rings is 1. The molecule has 0 aliphatic carbocycles. The first-order valence-electron chi connectivity index (χ1n) is 7.44. The summed E-state index contributed by atoms with van der Waals surface area (Å²) in [4.78, 5) is 16.2. The number of halogens is 2. The molecule has 2 aromatic heterocycles. The van der Waals surface area contributed by atoms with Crippen LogP contribution in [0.2, 0.25) is 10.0 Å². The Morgan fingerprint density at radius 3 is 2.00 bits per heavy atom. The lowest BCUT2D eigenvalue weighted by Gasteiger charge is -2.10. The molecule has 0 amide bonds. The van der Waals surface area contributed by atoms with Gasteiger partial charge in [-0.15, -0.1) is 0 Å². The van der Waals surface area contributed by atoms with Gasteiger partial charge in [-0.1, -0.05) is 23.2 Å². The molecule has 0 atom stereocenters. The molecule has 3 N–H and O–H groups in total. The molecule has 25 heavy (non-hydrogen) atoms. The maximum absolute atomic E-state index is 5.93. The number of hydrogen-bond acceptors (Lipinski definition) is 5. The zero-order valence-electron chi connectivity index (χ0n) is 12.8. The first kappa shape index (κ1) is 15.7. The average Bonchev–Trinajstić information content (AvgIpc) is 3.08. The number of aromatic nitrogens is 4. The molecule has 0 saturated carbocycles. The minimum atomic E-state index is 0.429. The maximum atomic E-state index is 5.93. The van der Waals surface area contributed by atoms with E-state index in [9.17, 15) is 0 Å². The lowest BCUT2D eigenvalue weighted by Crippen LogP contribution is -2.02. The first-order valence-corrected chi connectivity index (χ1v) is 8.19. The van der Waals surface area contributed by atoms with Gasteiger partial charge in [0.05, 0.1) is 6.33 Å². The quantitative estimate of drug-likeness (QED) is 0.463. The molecule has 2 heterocycles. The highest BCUT2D eigenvalue weighted by Gasteiger charge is 2.10. The van der Waals surface area contributed by atoms with Gasteiger partial charge in [0.2, 0.25) is 5.95 Å². The van der Waals surface area contributed by atoms with Crippen LogP contribution in [0.3, 0.4) is 0 Å². The van der Waals surface area contributed by atoms with Gasteiger partial charge in [0.15, 0.2) is 11.5 Å². The van der Waals surface area contributed by atoms with Gasteiger partial charge in [0, 0.05) is 21.4 Å². The fraction of sp³-hybridized carbons (Fsp3) is 0. The van der Waals surface area contributed by atoms with Crippen LogP contribution in [0.15, 0.2) is 54.9 Å². The third kappa shape index (κ3) is 3.50. The summed E-state index contributed by atoms with van der Waals surface area (Å²) in [6, 6.07) is 14.7. The van der Waals surface area contributed by atoms with Gasteiger partial charge in [-0.05, 0) is 48.5 Å². The van der Waals surface area contributed by atoms with Crippen molar-refractivity contribution in [3.63, 3.8) is 0 Å². The summed E-state index contributed by atoms with van der Waals surface area (Å²) < 4.78 is 0. The molecule has 124 valence electrons. The van der Waals surface area contributed by atoms with Crippen molar-refractivity contribution in [2.45, 2.75) is 0 Å². The van der Waals surface area contributed by atoms with E-state index < -0.39 is 0 Å². The summed E-state index contributed by atoms with van der Waals surface area (Å²) in [5, 5.41) is 7.74. The van der Waals surface area contributed by atoms with Crippen LogP contribution in [0, 0.1) is 0 Å². The van der Waals surface area contributed by atoms with Crippen molar-refractivity contribution in [1.82, 2.24) is 19.9 Å². The van der Waals surface area contributed by atoms with E-state index in [-0.39, 0.29) is 0 Å². The number of hydrogen-bond donors (Lipinski definition) is 3. The second-order valence-electron chi connectivity index (χ2n) is 5.26. The van der Waals surface area contributed by atoms with Crippen molar-refractivity contribution >= 4 is 57.5 Å². The fourth-order valence-electron chi connectivity index (χ4n) is 2.31. The van der Waals surface area contributed by atoms with Gasteiger partial charge >= 0.3 is 0 Å². The lowest BCUT2D eigenvalue weighted by molar-refractivity contribution is 1.19. The molecular weight excluding hydrogens is 359 g/mol. The average molecular weight is 371 g/mol. The van der Waals surface area contributed by atoms with Crippen molar-refractivity contribution < 1.29 is 0 Å². The number of aromatic amines is 1. The molecule has 2 aromatic carbocycles. The molecule has 4 rings (SSSR count). The highest BCUT2D eigenvalue weighted by Crippen LogP contribution is 2.25. The van der Waals surface area contributed by atoms with Crippen LogP contribution in [-0.2, 0) is 0 Å². The van der Waals surface area contributed by atoms with Crippen LogP contribution in [0.4, 0.5) is 23.1 Å². The maximum Gasteiger partial charge on any atom is 0.231 e. The largest absolute Gasteiger partial charge is 0.340 e. The van der Waals surface area contributed by atoms with Gasteiger partial charge in [-0.3, -0.25) is 0 Å². The topological polar surface area (TPSA) is 78.5 Å². The first-order chi connectivity index (χ1) is 12.2. The Kier molecular flexibility index (Phi) is 4.13. The fourth-order valence-corrected chi connectivity index (χ4v) is 2.56. The van der Waals surface area contributed by atoms with E-state index in [2.05, 4.69) is 30.6 Å². The molecular formula is C17H12Cl2N6. The number of H-pyrrole nitrogens is 1. The molecule has 0 spiro atoms. The van der Waals surface area contributed by atoms with Crippen molar-refractivity contribution in [2.75, 3.05) is 10.6 Å². The Morgan fingerprint density at radius 1 is 0.760 bits per heavy atom. The Labute approximate surface area is 153 Å². The summed E-state index contributed by atoms with van der Waals surface area (Å²) in [7, 11) is 0. The third-order valence-electron chi connectivity index (χ3n) is 3.49. The highest BCUT2D eigenvalue weighted by atomic mass is 35.5. The minimum Gasteiger partial charge on any atom is -0.340 e. The molecule has 8 heteroatoms. The van der Waals surface area contributed by atoms with Crippen LogP contribution in [-0.4, -0.2) is 19.9 Å². The van der Waals surface area contributed by atoms with Crippen LogP contribution >= 0.6 is 23.2 Å². The van der Waals surface area contributed by atoms with E-state index >= 15 is 0 Å². The smallest absolute Gasteiger partial charge is 0.231 e. The number of nitrogens with one attached hydrogen (secondary N) is 3. The van der Waals surface area contributed by atoms with Crippen molar-refractivity contribution in [3.05, 3.63) is 64.9 Å². The van der Waals surface area contributed by atoms with Crippen LogP contribution in [0.1, 0.15) is 0 Å².